The van der Waals surface area contributed by atoms with Crippen LogP contribution in [0, 0.1) is 0 Å². The highest BCUT2D eigenvalue weighted by atomic mass is 35.5. The van der Waals surface area contributed by atoms with E-state index in [-0.39, 0.29) is 24.4 Å². The maximum atomic E-state index is 12.3. The van der Waals surface area contributed by atoms with Crippen molar-refractivity contribution in [2.45, 2.75) is 19.1 Å². The van der Waals surface area contributed by atoms with Crippen molar-refractivity contribution in [3.8, 4) is 0 Å². The number of amides is 1. The van der Waals surface area contributed by atoms with Crippen LogP contribution in [0.3, 0.4) is 0 Å². The maximum absolute atomic E-state index is 12.3. The van der Waals surface area contributed by atoms with E-state index in [1.807, 2.05) is 29.2 Å². The van der Waals surface area contributed by atoms with Gasteiger partial charge in [0.25, 0.3) is 5.91 Å². The van der Waals surface area contributed by atoms with Crippen LogP contribution in [0.1, 0.15) is 18.5 Å². The molecule has 1 heterocycles. The van der Waals surface area contributed by atoms with E-state index in [0.29, 0.717) is 11.6 Å². The molecule has 0 spiro atoms. The molecular formula is C14H20Cl2N2O2. The predicted molar refractivity (Wildman–Crippen MR) is 82.5 cm³/mol. The Hall–Kier alpha value is -0.810. The molecule has 0 bridgehead atoms. The molecule has 112 valence electrons. The molecule has 0 saturated carbocycles. The summed E-state index contributed by atoms with van der Waals surface area (Å²) in [5.74, 6) is 0.0222. The number of nitrogens with zero attached hydrogens (tertiary/aromatic N) is 1. The van der Waals surface area contributed by atoms with Gasteiger partial charge in [0, 0.05) is 31.8 Å². The van der Waals surface area contributed by atoms with Crippen LogP contribution in [-0.2, 0) is 9.53 Å². The van der Waals surface area contributed by atoms with Crippen LogP contribution in [0.5, 0.6) is 0 Å². The summed E-state index contributed by atoms with van der Waals surface area (Å²) in [4.78, 5) is 14.2. The van der Waals surface area contributed by atoms with Gasteiger partial charge in [-0.25, -0.2) is 0 Å². The molecule has 1 N–H and O–H groups in total. The van der Waals surface area contributed by atoms with Crippen molar-refractivity contribution in [3.05, 3.63) is 34.9 Å². The van der Waals surface area contributed by atoms with Crippen molar-refractivity contribution in [2.75, 3.05) is 26.7 Å². The monoisotopic (exact) mass is 318 g/mol. The van der Waals surface area contributed by atoms with Gasteiger partial charge >= 0.3 is 0 Å². The van der Waals surface area contributed by atoms with Gasteiger partial charge in [0.05, 0.1) is 6.04 Å². The Bertz CT molecular complexity index is 457. The molecule has 4 nitrogen and oxygen atoms in total. The number of nitrogens with one attached hydrogen (secondary N) is 1. The molecule has 2 atom stereocenters. The molecule has 0 aromatic heterocycles. The summed E-state index contributed by atoms with van der Waals surface area (Å²) in [7, 11) is 1.55. The number of benzene rings is 1. The Balaban J connectivity index is 0.00000200. The number of piperazine rings is 1. The van der Waals surface area contributed by atoms with Crippen LogP contribution in [0.2, 0.25) is 5.02 Å². The minimum Gasteiger partial charge on any atom is -0.372 e. The second kappa shape index (κ2) is 7.84. The number of hydrogen-bond donors (Lipinski definition) is 1. The van der Waals surface area contributed by atoms with E-state index >= 15 is 0 Å². The smallest absolute Gasteiger partial charge is 0.251 e. The standard InChI is InChI=1S/C14H19ClN2O2.ClH/c1-10(19-2)14(18)17-7-6-16-9-13(17)11-4-3-5-12(15)8-11;/h3-5,8,10,13,16H,6-7,9H2,1-2H3;1H. The number of rotatable bonds is 3. The third-order valence-electron chi connectivity index (χ3n) is 3.46. The second-order valence-corrected chi connectivity index (χ2v) is 5.12. The van der Waals surface area contributed by atoms with E-state index in [9.17, 15) is 4.79 Å². The quantitative estimate of drug-likeness (QED) is 0.929. The van der Waals surface area contributed by atoms with E-state index in [1.54, 1.807) is 14.0 Å². The first kappa shape index (κ1) is 17.2. The lowest BCUT2D eigenvalue weighted by Crippen LogP contribution is -2.51. The zero-order valence-corrected chi connectivity index (χ0v) is 13.2. The summed E-state index contributed by atoms with van der Waals surface area (Å²) >= 11 is 6.03. The van der Waals surface area contributed by atoms with Gasteiger partial charge in [0.1, 0.15) is 6.10 Å². The molecule has 20 heavy (non-hydrogen) atoms. The van der Waals surface area contributed by atoms with E-state index in [0.717, 1.165) is 18.7 Å². The molecule has 0 aliphatic carbocycles. The van der Waals surface area contributed by atoms with Crippen molar-refractivity contribution in [1.29, 1.82) is 0 Å². The largest absolute Gasteiger partial charge is 0.372 e. The molecule has 1 aromatic carbocycles. The van der Waals surface area contributed by atoms with Crippen molar-refractivity contribution in [2.24, 2.45) is 0 Å². The van der Waals surface area contributed by atoms with Crippen molar-refractivity contribution in [3.63, 3.8) is 0 Å². The summed E-state index contributed by atoms with van der Waals surface area (Å²) in [5.41, 5.74) is 1.05. The number of halogens is 2. The van der Waals surface area contributed by atoms with Crippen LogP contribution in [0.15, 0.2) is 24.3 Å². The second-order valence-electron chi connectivity index (χ2n) is 4.68. The molecule has 1 aromatic rings. The van der Waals surface area contributed by atoms with Gasteiger partial charge in [-0.2, -0.15) is 0 Å². The topological polar surface area (TPSA) is 41.6 Å². The van der Waals surface area contributed by atoms with E-state index in [2.05, 4.69) is 5.32 Å². The predicted octanol–water partition coefficient (Wildman–Crippen LogP) is 2.27. The van der Waals surface area contributed by atoms with Crippen molar-refractivity contribution < 1.29 is 9.53 Å². The lowest BCUT2D eigenvalue weighted by Gasteiger charge is -2.37. The van der Waals surface area contributed by atoms with E-state index < -0.39 is 6.10 Å². The fourth-order valence-corrected chi connectivity index (χ4v) is 2.51. The van der Waals surface area contributed by atoms with E-state index in [1.165, 1.54) is 0 Å². The van der Waals surface area contributed by atoms with Crippen LogP contribution in [-0.4, -0.2) is 43.7 Å². The zero-order valence-electron chi connectivity index (χ0n) is 11.6. The Morgan fingerprint density at radius 3 is 2.95 bits per heavy atom. The lowest BCUT2D eigenvalue weighted by molar-refractivity contribution is -0.144. The average Bonchev–Trinajstić information content (AvgIpc) is 2.45. The Labute approximate surface area is 130 Å². The van der Waals surface area contributed by atoms with Crippen molar-refractivity contribution >= 4 is 29.9 Å². The Kier molecular flexibility index (Phi) is 6.76. The van der Waals surface area contributed by atoms with Gasteiger partial charge in [0.2, 0.25) is 0 Å². The normalized spacial score (nSPS) is 20.1. The lowest BCUT2D eigenvalue weighted by atomic mass is 10.0. The fraction of sp³-hybridized carbons (Fsp3) is 0.500. The zero-order chi connectivity index (χ0) is 13.8. The first-order chi connectivity index (χ1) is 9.13. The number of methoxy groups -OCH3 is 1. The van der Waals surface area contributed by atoms with E-state index in [4.69, 9.17) is 16.3 Å². The summed E-state index contributed by atoms with van der Waals surface area (Å²) in [6.07, 6.45) is -0.417. The highest BCUT2D eigenvalue weighted by Gasteiger charge is 2.30. The Morgan fingerprint density at radius 2 is 2.30 bits per heavy atom. The van der Waals surface area contributed by atoms with Crippen LogP contribution in [0.4, 0.5) is 0 Å². The van der Waals surface area contributed by atoms with Gasteiger partial charge in [-0.1, -0.05) is 23.7 Å². The minimum absolute atomic E-state index is 0. The van der Waals surface area contributed by atoms with Crippen LogP contribution in [0.25, 0.3) is 0 Å². The Morgan fingerprint density at radius 1 is 1.55 bits per heavy atom. The number of carbonyl (C=O) groups excluding carboxylic acids is 1. The van der Waals surface area contributed by atoms with Gasteiger partial charge in [-0.3, -0.25) is 4.79 Å². The van der Waals surface area contributed by atoms with Crippen LogP contribution >= 0.6 is 24.0 Å². The molecule has 1 saturated heterocycles. The average molecular weight is 319 g/mol. The first-order valence-electron chi connectivity index (χ1n) is 6.43. The van der Waals surface area contributed by atoms with Gasteiger partial charge in [0.15, 0.2) is 0 Å². The summed E-state index contributed by atoms with van der Waals surface area (Å²) < 4.78 is 5.14. The molecule has 1 fully saturated rings. The molecule has 1 aliphatic rings. The molecule has 1 amide bonds. The minimum atomic E-state index is -0.417. The summed E-state index contributed by atoms with van der Waals surface area (Å²) in [5, 5.41) is 4.01. The van der Waals surface area contributed by atoms with Crippen molar-refractivity contribution in [1.82, 2.24) is 10.2 Å². The SMILES string of the molecule is COC(C)C(=O)N1CCNCC1c1cccc(Cl)c1.Cl. The fourth-order valence-electron chi connectivity index (χ4n) is 2.31. The number of carbonyl (C=O) groups is 1. The van der Waals surface area contributed by atoms with Gasteiger partial charge in [-0.05, 0) is 24.6 Å². The molecule has 2 unspecified atom stereocenters. The highest BCUT2D eigenvalue weighted by Crippen LogP contribution is 2.25. The molecular weight excluding hydrogens is 299 g/mol. The number of ether oxygens (including phenoxy) is 1. The number of hydrogen-bond acceptors (Lipinski definition) is 3. The summed E-state index contributed by atoms with van der Waals surface area (Å²) in [6.45, 7) is 4.00. The molecule has 0 radical (unpaired) electrons. The maximum Gasteiger partial charge on any atom is 0.251 e. The summed E-state index contributed by atoms with van der Waals surface area (Å²) in [6, 6.07) is 7.68. The molecule has 2 rings (SSSR count). The third kappa shape index (κ3) is 3.85. The molecule has 6 heteroatoms. The first-order valence-corrected chi connectivity index (χ1v) is 6.80. The highest BCUT2D eigenvalue weighted by molar-refractivity contribution is 6.30. The van der Waals surface area contributed by atoms with Gasteiger partial charge in [-0.15, -0.1) is 12.4 Å². The molecule has 1 aliphatic heterocycles. The third-order valence-corrected chi connectivity index (χ3v) is 3.70. The van der Waals surface area contributed by atoms with Gasteiger partial charge < -0.3 is 15.0 Å². The van der Waals surface area contributed by atoms with Crippen LogP contribution < -0.4 is 5.32 Å².